The maximum atomic E-state index is 12.2. The third-order valence-corrected chi connectivity index (χ3v) is 4.73. The van der Waals surface area contributed by atoms with E-state index in [9.17, 15) is 14.7 Å². The quantitative estimate of drug-likeness (QED) is 0.609. The smallest absolute Gasteiger partial charge is 0.266 e. The van der Waals surface area contributed by atoms with Crippen molar-refractivity contribution in [1.29, 1.82) is 0 Å². The number of amides is 1. The molecule has 1 saturated heterocycles. The van der Waals surface area contributed by atoms with E-state index in [2.05, 4.69) is 0 Å². The Balaban J connectivity index is 2.26. The van der Waals surface area contributed by atoms with E-state index in [1.807, 2.05) is 0 Å². The molecule has 1 aromatic rings. The Morgan fingerprint density at radius 2 is 2.00 bits per heavy atom. The van der Waals surface area contributed by atoms with Crippen LogP contribution in [0.2, 0.25) is 10.0 Å². The van der Waals surface area contributed by atoms with E-state index in [-0.39, 0.29) is 18.9 Å². The number of halogens is 2. The van der Waals surface area contributed by atoms with Gasteiger partial charge in [-0.25, -0.2) is 0 Å². The lowest BCUT2D eigenvalue weighted by molar-refractivity contribution is -0.305. The Morgan fingerprint density at radius 1 is 1.38 bits per heavy atom. The Bertz CT molecular complexity index is 641. The number of nitrogens with zero attached hydrogens (tertiary/aromatic N) is 1. The molecule has 0 spiro atoms. The number of carboxylic acids is 1. The van der Waals surface area contributed by atoms with Crippen molar-refractivity contribution < 1.29 is 14.7 Å². The third-order valence-electron chi connectivity index (χ3n) is 2.69. The molecule has 0 radical (unpaired) electrons. The molecular weight excluding hydrogens is 353 g/mol. The van der Waals surface area contributed by atoms with Gasteiger partial charge in [0.25, 0.3) is 5.91 Å². The van der Waals surface area contributed by atoms with Crippen LogP contribution in [0.15, 0.2) is 23.1 Å². The molecule has 0 aliphatic carbocycles. The molecule has 0 atom stereocenters. The number of benzene rings is 1. The van der Waals surface area contributed by atoms with Crippen molar-refractivity contribution >= 4 is 69.5 Å². The highest BCUT2D eigenvalue weighted by molar-refractivity contribution is 8.26. The lowest BCUT2D eigenvalue weighted by Gasteiger charge is -2.14. The Labute approximate surface area is 140 Å². The summed E-state index contributed by atoms with van der Waals surface area (Å²) in [7, 11) is 0. The summed E-state index contributed by atoms with van der Waals surface area (Å²) in [6.45, 7) is -0.0133. The van der Waals surface area contributed by atoms with Gasteiger partial charge in [0.1, 0.15) is 4.32 Å². The minimum Gasteiger partial charge on any atom is -0.550 e. The molecule has 1 aliphatic rings. The Morgan fingerprint density at radius 3 is 2.57 bits per heavy atom. The number of carbonyl (C=O) groups excluding carboxylic acids is 2. The molecule has 0 unspecified atom stereocenters. The first-order valence-corrected chi connectivity index (χ1v) is 7.77. The largest absolute Gasteiger partial charge is 0.550 e. The van der Waals surface area contributed by atoms with Gasteiger partial charge in [-0.15, -0.1) is 0 Å². The van der Waals surface area contributed by atoms with Crippen molar-refractivity contribution in [2.24, 2.45) is 0 Å². The summed E-state index contributed by atoms with van der Waals surface area (Å²) >= 11 is 18.3. The van der Waals surface area contributed by atoms with E-state index in [4.69, 9.17) is 35.4 Å². The number of hydrogen-bond acceptors (Lipinski definition) is 5. The van der Waals surface area contributed by atoms with Gasteiger partial charge < -0.3 is 9.90 Å². The Kier molecular flexibility index (Phi) is 5.27. The average molecular weight is 361 g/mol. The van der Waals surface area contributed by atoms with Gasteiger partial charge in [-0.1, -0.05) is 53.2 Å². The first-order valence-electron chi connectivity index (χ1n) is 5.79. The fourth-order valence-electron chi connectivity index (χ4n) is 1.68. The van der Waals surface area contributed by atoms with Crippen LogP contribution in [0.5, 0.6) is 0 Å². The van der Waals surface area contributed by atoms with Crippen molar-refractivity contribution in [3.63, 3.8) is 0 Å². The predicted molar refractivity (Wildman–Crippen MR) is 86.0 cm³/mol. The van der Waals surface area contributed by atoms with E-state index in [1.54, 1.807) is 24.3 Å². The molecule has 1 aromatic carbocycles. The highest BCUT2D eigenvalue weighted by atomic mass is 35.5. The molecule has 1 fully saturated rings. The number of hydrogen-bond donors (Lipinski definition) is 0. The van der Waals surface area contributed by atoms with Crippen LogP contribution in [0.4, 0.5) is 0 Å². The minimum atomic E-state index is -1.23. The summed E-state index contributed by atoms with van der Waals surface area (Å²) in [5.41, 5.74) is 0.529. The molecule has 2 rings (SSSR count). The van der Waals surface area contributed by atoms with E-state index < -0.39 is 5.97 Å². The second kappa shape index (κ2) is 6.79. The normalized spacial score (nSPS) is 16.9. The van der Waals surface area contributed by atoms with Gasteiger partial charge in [0, 0.05) is 34.5 Å². The molecule has 4 nitrogen and oxygen atoms in total. The van der Waals surface area contributed by atoms with Crippen LogP contribution in [-0.2, 0) is 9.59 Å². The molecular formula is C13H8Cl2NO3S2-. The fraction of sp³-hybridized carbons (Fsp3) is 0.154. The van der Waals surface area contributed by atoms with Crippen LogP contribution >= 0.6 is 47.2 Å². The van der Waals surface area contributed by atoms with E-state index in [0.717, 1.165) is 11.8 Å². The maximum absolute atomic E-state index is 12.2. The molecule has 0 N–H and O–H groups in total. The van der Waals surface area contributed by atoms with Gasteiger partial charge in [-0.05, 0) is 18.2 Å². The topological polar surface area (TPSA) is 60.4 Å². The molecule has 0 aromatic heterocycles. The highest BCUT2D eigenvalue weighted by Gasteiger charge is 2.31. The minimum absolute atomic E-state index is 0.0133. The molecule has 21 heavy (non-hydrogen) atoms. The lowest BCUT2D eigenvalue weighted by atomic mass is 10.2. The SMILES string of the molecule is O=C([O-])CCN1C(=O)/C(=C\c2c(Cl)cccc2Cl)SC1=S. The second-order valence-corrected chi connectivity index (χ2v) is 6.58. The standard InChI is InChI=1S/C13H9Cl2NO3S2/c14-8-2-1-3-9(15)7(8)6-10-12(19)16(13(20)21-10)5-4-11(17)18/h1-3,6H,4-5H2,(H,17,18)/p-1/b10-6+. The molecule has 1 amide bonds. The van der Waals surface area contributed by atoms with Gasteiger partial charge in [-0.2, -0.15) is 0 Å². The first-order chi connectivity index (χ1) is 9.90. The number of rotatable bonds is 4. The first kappa shape index (κ1) is 16.3. The summed E-state index contributed by atoms with van der Waals surface area (Å²) in [6.07, 6.45) is 1.29. The van der Waals surface area contributed by atoms with Crippen LogP contribution < -0.4 is 5.11 Å². The lowest BCUT2D eigenvalue weighted by Crippen LogP contribution is -2.33. The van der Waals surface area contributed by atoms with Gasteiger partial charge >= 0.3 is 0 Å². The molecule has 0 saturated carbocycles. The number of thiocarbonyl (C=S) groups is 1. The molecule has 8 heteroatoms. The van der Waals surface area contributed by atoms with Gasteiger partial charge in [-0.3, -0.25) is 9.69 Å². The second-order valence-electron chi connectivity index (χ2n) is 4.09. The number of carboxylic acid groups (broad SMARTS) is 1. The van der Waals surface area contributed by atoms with Gasteiger partial charge in [0.15, 0.2) is 0 Å². The van der Waals surface area contributed by atoms with Crippen LogP contribution in [0.1, 0.15) is 12.0 Å². The zero-order chi connectivity index (χ0) is 15.6. The van der Waals surface area contributed by atoms with Crippen LogP contribution in [0.3, 0.4) is 0 Å². The van der Waals surface area contributed by atoms with Crippen molar-refractivity contribution in [3.05, 3.63) is 38.7 Å². The third kappa shape index (κ3) is 3.77. The Hall–Kier alpha value is -1.08. The molecule has 1 aliphatic heterocycles. The van der Waals surface area contributed by atoms with Crippen molar-refractivity contribution in [1.82, 2.24) is 4.90 Å². The van der Waals surface area contributed by atoms with Crippen LogP contribution in [-0.4, -0.2) is 27.6 Å². The van der Waals surface area contributed by atoms with E-state index in [1.165, 1.54) is 4.90 Å². The summed E-state index contributed by atoms with van der Waals surface area (Å²) in [6, 6.07) is 5.03. The summed E-state index contributed by atoms with van der Waals surface area (Å²) in [5.74, 6) is -1.59. The van der Waals surface area contributed by atoms with Gasteiger partial charge in [0.2, 0.25) is 0 Å². The fourth-order valence-corrected chi connectivity index (χ4v) is 3.47. The molecule has 1 heterocycles. The van der Waals surface area contributed by atoms with Crippen molar-refractivity contribution in [3.8, 4) is 0 Å². The molecule has 0 bridgehead atoms. The average Bonchev–Trinajstić information content (AvgIpc) is 2.67. The van der Waals surface area contributed by atoms with Crippen LogP contribution in [0, 0.1) is 0 Å². The summed E-state index contributed by atoms with van der Waals surface area (Å²) < 4.78 is 0.302. The van der Waals surface area contributed by atoms with E-state index in [0.29, 0.717) is 24.8 Å². The summed E-state index contributed by atoms with van der Waals surface area (Å²) in [4.78, 5) is 24.3. The number of thioether (sulfide) groups is 1. The number of carbonyl (C=O) groups is 2. The highest BCUT2D eigenvalue weighted by Crippen LogP contribution is 2.35. The maximum Gasteiger partial charge on any atom is 0.266 e. The number of aliphatic carboxylic acids is 1. The molecule has 110 valence electrons. The van der Waals surface area contributed by atoms with E-state index >= 15 is 0 Å². The van der Waals surface area contributed by atoms with Crippen LogP contribution in [0.25, 0.3) is 6.08 Å². The summed E-state index contributed by atoms with van der Waals surface area (Å²) in [5, 5.41) is 11.3. The van der Waals surface area contributed by atoms with Gasteiger partial charge in [0.05, 0.1) is 4.91 Å². The zero-order valence-electron chi connectivity index (χ0n) is 10.5. The predicted octanol–water partition coefficient (Wildman–Crippen LogP) is 2.33. The van der Waals surface area contributed by atoms with Crippen molar-refractivity contribution in [2.75, 3.05) is 6.54 Å². The zero-order valence-corrected chi connectivity index (χ0v) is 13.6. The monoisotopic (exact) mass is 360 g/mol. The van der Waals surface area contributed by atoms with Crippen molar-refractivity contribution in [2.45, 2.75) is 6.42 Å².